The zero-order chi connectivity index (χ0) is 38.6. The molecule has 0 aliphatic heterocycles. The number of fused-ring (bicyclic) bond motifs is 2. The molecule has 0 heterocycles. The number of benzene rings is 2. The standard InChI is InChI=1S/2C13H15.2C9H13.2C3H7.2ClH.2Hf/c2*1-13(2,3)12-9-8-10-6-4-5-7-11(10)12;2*1-9(2,3)8-6-4-5-7-8;2*1-3-2;;;;/h2*4-9H,1-3H3;2*6-7H,4H2,1-3H3;2*3H,1-2H3;2*1H;;/q;;;;;;;;2*+1/p-2. The van der Waals surface area contributed by atoms with Gasteiger partial charge in [0.15, 0.2) is 0 Å². The van der Waals surface area contributed by atoms with E-state index in [4.69, 9.17) is 0 Å². The molecule has 0 radical (unpaired) electrons. The van der Waals surface area contributed by atoms with E-state index >= 15 is 0 Å². The van der Waals surface area contributed by atoms with E-state index in [1.165, 1.54) is 24.0 Å². The van der Waals surface area contributed by atoms with Crippen molar-refractivity contribution in [3.63, 3.8) is 0 Å². The molecule has 292 valence electrons. The summed E-state index contributed by atoms with van der Waals surface area (Å²) in [7, 11) is 0. The first-order chi connectivity index (χ1) is 24.0. The van der Waals surface area contributed by atoms with E-state index in [0.29, 0.717) is 7.35 Å². The maximum atomic E-state index is 2.68. The second kappa shape index (κ2) is 18.0. The van der Waals surface area contributed by atoms with Crippen molar-refractivity contribution in [2.75, 3.05) is 0 Å². The molecule has 4 aliphatic carbocycles. The summed E-state index contributed by atoms with van der Waals surface area (Å²) in [5, 5.41) is 0. The van der Waals surface area contributed by atoms with Gasteiger partial charge in [-0.3, -0.25) is 0 Å². The van der Waals surface area contributed by atoms with Gasteiger partial charge < -0.3 is 24.8 Å². The summed E-state index contributed by atoms with van der Waals surface area (Å²) in [6, 6.07) is 18.5. The molecule has 4 aliphatic rings. The molecule has 4 heteroatoms. The van der Waals surface area contributed by atoms with E-state index in [1.54, 1.807) is 33.4 Å². The molecule has 0 nitrogen and oxygen atoms in total. The number of rotatable bonds is 6. The van der Waals surface area contributed by atoms with Crippen LogP contribution in [0.1, 0.15) is 153 Å². The van der Waals surface area contributed by atoms with Crippen LogP contribution in [0.25, 0.3) is 11.1 Å². The molecule has 0 saturated carbocycles. The summed E-state index contributed by atoms with van der Waals surface area (Å²) in [6.45, 7) is 38.3. The predicted molar refractivity (Wildman–Crippen MR) is 224 cm³/mol. The monoisotopic (exact) mass is 1100 g/mol. The fraction of sp³-hybridized carbons (Fsp3) is 0.520. The molecule has 0 amide bonds. The Bertz CT molecular complexity index is 1700. The van der Waals surface area contributed by atoms with Gasteiger partial charge in [0.05, 0.1) is 0 Å². The van der Waals surface area contributed by atoms with Crippen LogP contribution in [0.4, 0.5) is 0 Å². The van der Waals surface area contributed by atoms with E-state index < -0.39 is 42.9 Å². The summed E-state index contributed by atoms with van der Waals surface area (Å²) in [5.41, 5.74) is 13.5. The minimum atomic E-state index is -2.05. The van der Waals surface area contributed by atoms with E-state index in [2.05, 4.69) is 196 Å². The van der Waals surface area contributed by atoms with Gasteiger partial charge in [-0.15, -0.1) is 0 Å². The van der Waals surface area contributed by atoms with E-state index in [0.717, 1.165) is 7.35 Å². The Morgan fingerprint density at radius 2 is 0.796 bits per heavy atom. The van der Waals surface area contributed by atoms with Crippen LogP contribution in [0, 0.1) is 21.7 Å². The molecule has 2 unspecified atom stereocenters. The zero-order valence-electron chi connectivity index (χ0n) is 36.6. The van der Waals surface area contributed by atoms with Crippen molar-refractivity contribution >= 4 is 11.1 Å². The summed E-state index contributed by atoms with van der Waals surface area (Å²) in [6.07, 6.45) is 18.0. The summed E-state index contributed by atoms with van der Waals surface area (Å²) < 4.78 is 6.77. The fourth-order valence-corrected chi connectivity index (χ4v) is 33.7. The second-order valence-corrected chi connectivity index (χ2v) is 44.5. The maximum absolute atomic E-state index is 2.68. The van der Waals surface area contributed by atoms with Crippen LogP contribution in [0.15, 0.2) is 103 Å². The smallest absolute Gasteiger partial charge is 1.00 e. The van der Waals surface area contributed by atoms with Gasteiger partial charge in [-0.05, 0) is 0 Å². The van der Waals surface area contributed by atoms with Crippen molar-refractivity contribution in [2.45, 2.75) is 138 Å². The van der Waals surface area contributed by atoms with Gasteiger partial charge in [-0.1, -0.05) is 0 Å². The number of halogens is 2. The minimum Gasteiger partial charge on any atom is -1.00 e. The largest absolute Gasteiger partial charge is 1.00 e. The van der Waals surface area contributed by atoms with Crippen LogP contribution in [-0.4, -0.2) is 0 Å². The Kier molecular flexibility index (Phi) is 15.9. The molecule has 2 aromatic rings. The Hall–Kier alpha value is -0.800. The number of allylic oxidation sites excluding steroid dienone is 12. The van der Waals surface area contributed by atoms with Gasteiger partial charge >= 0.3 is 339 Å². The van der Waals surface area contributed by atoms with Crippen molar-refractivity contribution in [3.05, 3.63) is 125 Å². The third-order valence-corrected chi connectivity index (χ3v) is 36.6. The Labute approximate surface area is 360 Å². The van der Waals surface area contributed by atoms with Crippen LogP contribution in [-0.2, 0) is 42.9 Å². The van der Waals surface area contributed by atoms with Crippen LogP contribution < -0.4 is 24.8 Å². The van der Waals surface area contributed by atoms with Gasteiger partial charge in [0, 0.05) is 0 Å². The molecule has 0 aromatic heterocycles. The quantitative estimate of drug-likeness (QED) is 0.253. The fourth-order valence-electron chi connectivity index (χ4n) is 8.90. The first-order valence-electron chi connectivity index (χ1n) is 20.2. The molecule has 54 heavy (non-hydrogen) atoms. The average molecular weight is 1100 g/mol. The predicted octanol–water partition coefficient (Wildman–Crippen LogP) is 9.76. The molecular formula is C50H70Cl2Hf2. The van der Waals surface area contributed by atoms with Crippen LogP contribution in [0.3, 0.4) is 0 Å². The number of hydrogen-bond donors (Lipinski definition) is 0. The van der Waals surface area contributed by atoms with E-state index in [-0.39, 0.29) is 46.5 Å². The van der Waals surface area contributed by atoms with Crippen LogP contribution in [0.5, 0.6) is 0 Å². The first kappa shape index (κ1) is 47.6. The zero-order valence-corrected chi connectivity index (χ0v) is 45.3. The first-order valence-corrected chi connectivity index (χ1v) is 32.1. The maximum Gasteiger partial charge on any atom is -1.00 e. The van der Waals surface area contributed by atoms with Crippen LogP contribution >= 0.6 is 0 Å². The molecule has 0 N–H and O–H groups in total. The molecule has 0 fully saturated rings. The number of hydrogen-bond acceptors (Lipinski definition) is 0. The molecule has 2 atom stereocenters. The SMILES string of the molecule is C[CH](C)[Hf+]([C]1=CC(C(C)(C)C)=CC1)[CH]1C=C(C(C)(C)C)c2ccccc21.C[CH](C)[Hf+]([C]1=CC(C(C)(C)C)=CC1)[CH]1C=C(C(C)(C)C)c2ccccc21.[Cl-].[Cl-]. The third kappa shape index (κ3) is 10.4. The van der Waals surface area contributed by atoms with Crippen molar-refractivity contribution in [2.24, 2.45) is 21.7 Å². The molecule has 0 spiro atoms. The Morgan fingerprint density at radius 1 is 0.481 bits per heavy atom. The van der Waals surface area contributed by atoms with Crippen molar-refractivity contribution in [1.29, 1.82) is 0 Å². The van der Waals surface area contributed by atoms with E-state index in [9.17, 15) is 0 Å². The molecule has 0 saturated heterocycles. The molecular weight excluding hydrogens is 1030 g/mol. The Morgan fingerprint density at radius 3 is 1.06 bits per heavy atom. The topological polar surface area (TPSA) is 0 Å². The van der Waals surface area contributed by atoms with Gasteiger partial charge in [-0.25, -0.2) is 0 Å². The van der Waals surface area contributed by atoms with Crippen LogP contribution in [0.2, 0.25) is 7.35 Å². The minimum absolute atomic E-state index is 0. The summed E-state index contributed by atoms with van der Waals surface area (Å²) in [5.74, 6) is 0. The summed E-state index contributed by atoms with van der Waals surface area (Å²) >= 11 is -4.10. The normalized spacial score (nSPS) is 19.3. The van der Waals surface area contributed by atoms with Gasteiger partial charge in [0.25, 0.3) is 0 Å². The summed E-state index contributed by atoms with van der Waals surface area (Å²) in [4.78, 5) is 0. The van der Waals surface area contributed by atoms with Crippen molar-refractivity contribution in [3.8, 4) is 0 Å². The molecule has 0 bridgehead atoms. The second-order valence-electron chi connectivity index (χ2n) is 20.6. The third-order valence-electron chi connectivity index (χ3n) is 11.6. The molecule has 6 rings (SSSR count). The van der Waals surface area contributed by atoms with Gasteiger partial charge in [-0.2, -0.15) is 0 Å². The van der Waals surface area contributed by atoms with Crippen molar-refractivity contribution in [1.82, 2.24) is 0 Å². The molecule has 2 aromatic carbocycles. The Balaban J connectivity index is 0.000000280. The van der Waals surface area contributed by atoms with E-state index in [1.807, 2.05) is 6.66 Å². The van der Waals surface area contributed by atoms with Gasteiger partial charge in [0.2, 0.25) is 0 Å². The average Bonchev–Trinajstić information content (AvgIpc) is 3.82. The van der Waals surface area contributed by atoms with Gasteiger partial charge in [0.1, 0.15) is 0 Å². The van der Waals surface area contributed by atoms with Crippen molar-refractivity contribution < 1.29 is 67.7 Å².